The number of hydrogen-bond donors (Lipinski definition) is 1. The summed E-state index contributed by atoms with van der Waals surface area (Å²) in [7, 11) is -3.99. The highest BCUT2D eigenvalue weighted by atomic mass is 32.2. The van der Waals surface area contributed by atoms with Crippen molar-refractivity contribution in [3.05, 3.63) is 47.5 Å². The van der Waals surface area contributed by atoms with E-state index in [1.165, 1.54) is 23.5 Å². The van der Waals surface area contributed by atoms with E-state index in [1.807, 2.05) is 6.92 Å². The number of thiazole rings is 1. The highest BCUT2D eigenvalue weighted by molar-refractivity contribution is 7.93. The van der Waals surface area contributed by atoms with Crippen LogP contribution in [0.25, 0.3) is 10.2 Å². The van der Waals surface area contributed by atoms with Gasteiger partial charge in [0.05, 0.1) is 27.7 Å². The second-order valence-corrected chi connectivity index (χ2v) is 8.14. The molecule has 0 bridgehead atoms. The Kier molecular flexibility index (Phi) is 4.84. The van der Waals surface area contributed by atoms with Crippen molar-refractivity contribution in [1.29, 1.82) is 0 Å². The summed E-state index contributed by atoms with van der Waals surface area (Å²) in [5.41, 5.74) is 0.847. The predicted molar refractivity (Wildman–Crippen MR) is 97.1 cm³/mol. The third-order valence-corrected chi connectivity index (χ3v) is 6.15. The summed E-state index contributed by atoms with van der Waals surface area (Å²) < 4.78 is 33.9. The van der Waals surface area contributed by atoms with Crippen LogP contribution in [0, 0.1) is 6.92 Å². The van der Waals surface area contributed by atoms with Crippen molar-refractivity contribution in [2.24, 2.45) is 0 Å². The standard InChI is InChI=1S/C17H16N2O5S2/c1-3-24-12-6-7-13-14(9-12)25-17(18-13)19-26(22,23)15-8-11(16(20)21)5-4-10(15)2/h4-9H,3H2,1-2H3,(H,18,19)(H,20,21)/p-1. The van der Waals surface area contributed by atoms with E-state index in [0.717, 1.165) is 10.8 Å². The third kappa shape index (κ3) is 3.63. The van der Waals surface area contributed by atoms with Crippen molar-refractivity contribution in [2.45, 2.75) is 18.7 Å². The fourth-order valence-corrected chi connectivity index (χ4v) is 4.79. The van der Waals surface area contributed by atoms with Crippen LogP contribution >= 0.6 is 11.3 Å². The van der Waals surface area contributed by atoms with Gasteiger partial charge in [0.25, 0.3) is 10.0 Å². The molecule has 1 heterocycles. The molecule has 0 amide bonds. The molecule has 136 valence electrons. The van der Waals surface area contributed by atoms with Crippen LogP contribution in [0.5, 0.6) is 5.75 Å². The van der Waals surface area contributed by atoms with Crippen molar-refractivity contribution in [3.8, 4) is 5.75 Å². The van der Waals surface area contributed by atoms with Crippen molar-refractivity contribution in [2.75, 3.05) is 11.3 Å². The lowest BCUT2D eigenvalue weighted by Crippen LogP contribution is -2.23. The maximum absolute atomic E-state index is 12.7. The Balaban J connectivity index is 1.96. The number of carboxylic acids is 1. The molecule has 26 heavy (non-hydrogen) atoms. The molecule has 1 aromatic heterocycles. The van der Waals surface area contributed by atoms with Crippen LogP contribution in [0.1, 0.15) is 22.8 Å². The highest BCUT2D eigenvalue weighted by Gasteiger charge is 2.20. The van der Waals surface area contributed by atoms with Gasteiger partial charge in [-0.3, -0.25) is 4.72 Å². The first kappa shape index (κ1) is 18.2. The Bertz CT molecular complexity index is 1090. The zero-order chi connectivity index (χ0) is 18.9. The van der Waals surface area contributed by atoms with E-state index in [0.29, 0.717) is 23.4 Å². The van der Waals surface area contributed by atoms with Crippen LogP contribution < -0.4 is 14.6 Å². The first-order valence-electron chi connectivity index (χ1n) is 7.68. The average Bonchev–Trinajstić information content (AvgIpc) is 2.95. The van der Waals surface area contributed by atoms with Crippen molar-refractivity contribution < 1.29 is 23.1 Å². The number of carboxylic acid groups (broad SMARTS) is 1. The van der Waals surface area contributed by atoms with Gasteiger partial charge < -0.3 is 14.6 Å². The largest absolute Gasteiger partial charge is 0.545 e. The number of rotatable bonds is 6. The molecule has 1 N–H and O–H groups in total. The maximum Gasteiger partial charge on any atom is 0.263 e. The molecule has 0 saturated heterocycles. The predicted octanol–water partition coefficient (Wildman–Crippen LogP) is 2.17. The Morgan fingerprint density at radius 2 is 2.04 bits per heavy atom. The summed E-state index contributed by atoms with van der Waals surface area (Å²) in [5.74, 6) is -0.763. The van der Waals surface area contributed by atoms with E-state index in [-0.39, 0.29) is 15.6 Å². The van der Waals surface area contributed by atoms with Crippen LogP contribution in [0.2, 0.25) is 0 Å². The van der Waals surface area contributed by atoms with E-state index >= 15 is 0 Å². The number of nitrogens with zero attached hydrogens (tertiary/aromatic N) is 1. The first-order chi connectivity index (χ1) is 12.3. The number of carbonyl (C=O) groups excluding carboxylic acids is 1. The van der Waals surface area contributed by atoms with Crippen molar-refractivity contribution in [1.82, 2.24) is 4.98 Å². The number of aryl methyl sites for hydroxylation is 1. The monoisotopic (exact) mass is 391 g/mol. The number of anilines is 1. The van der Waals surface area contributed by atoms with Gasteiger partial charge in [-0.25, -0.2) is 13.4 Å². The minimum absolute atomic E-state index is 0.131. The smallest absolute Gasteiger partial charge is 0.263 e. The van der Waals surface area contributed by atoms with E-state index in [9.17, 15) is 18.3 Å². The molecule has 9 heteroatoms. The molecule has 0 unspecified atom stereocenters. The lowest BCUT2D eigenvalue weighted by Gasteiger charge is -2.10. The molecule has 3 aromatic rings. The molecular weight excluding hydrogens is 376 g/mol. The Morgan fingerprint density at radius 3 is 2.73 bits per heavy atom. The molecule has 7 nitrogen and oxygen atoms in total. The van der Waals surface area contributed by atoms with Gasteiger partial charge in [-0.15, -0.1) is 0 Å². The second kappa shape index (κ2) is 6.93. The molecule has 0 saturated carbocycles. The summed E-state index contributed by atoms with van der Waals surface area (Å²) in [5, 5.41) is 11.2. The topological polar surface area (TPSA) is 108 Å². The summed E-state index contributed by atoms with van der Waals surface area (Å²) in [6.07, 6.45) is 0. The molecule has 0 atom stereocenters. The fourth-order valence-electron chi connectivity index (χ4n) is 2.39. The summed E-state index contributed by atoms with van der Waals surface area (Å²) in [4.78, 5) is 15.1. The van der Waals surface area contributed by atoms with Crippen LogP contribution in [0.15, 0.2) is 41.3 Å². The fraction of sp³-hybridized carbons (Fsp3) is 0.176. The second-order valence-electron chi connectivity index (χ2n) is 5.45. The molecule has 0 aliphatic rings. The molecule has 0 radical (unpaired) electrons. The number of ether oxygens (including phenoxy) is 1. The molecule has 0 aliphatic heterocycles. The third-order valence-electron chi connectivity index (χ3n) is 3.61. The lowest BCUT2D eigenvalue weighted by molar-refractivity contribution is -0.255. The molecule has 0 aliphatic carbocycles. The maximum atomic E-state index is 12.7. The quantitative estimate of drug-likeness (QED) is 0.690. The Labute approximate surface area is 154 Å². The average molecular weight is 391 g/mol. The van der Waals surface area contributed by atoms with E-state index in [2.05, 4.69) is 9.71 Å². The number of nitrogens with one attached hydrogen (secondary N) is 1. The Morgan fingerprint density at radius 1 is 1.27 bits per heavy atom. The number of aromatic nitrogens is 1. The number of sulfonamides is 1. The minimum atomic E-state index is -3.99. The van der Waals surface area contributed by atoms with E-state index < -0.39 is 16.0 Å². The van der Waals surface area contributed by atoms with Gasteiger partial charge >= 0.3 is 0 Å². The van der Waals surface area contributed by atoms with Crippen LogP contribution in [-0.2, 0) is 10.0 Å². The molecular formula is C17H15N2O5S2-. The van der Waals surface area contributed by atoms with Crippen molar-refractivity contribution >= 4 is 42.7 Å². The normalized spacial score (nSPS) is 11.5. The van der Waals surface area contributed by atoms with Gasteiger partial charge in [0.2, 0.25) is 0 Å². The zero-order valence-corrected chi connectivity index (χ0v) is 15.6. The van der Waals surface area contributed by atoms with Gasteiger partial charge in [0.1, 0.15) is 5.75 Å². The van der Waals surface area contributed by atoms with Gasteiger partial charge in [-0.1, -0.05) is 23.5 Å². The molecule has 3 rings (SSSR count). The zero-order valence-electron chi connectivity index (χ0n) is 14.0. The summed E-state index contributed by atoms with van der Waals surface area (Å²) in [6, 6.07) is 9.10. The lowest BCUT2D eigenvalue weighted by atomic mass is 10.1. The number of aromatic carboxylic acids is 1. The van der Waals surface area contributed by atoms with Gasteiger partial charge in [0.15, 0.2) is 5.13 Å². The summed E-state index contributed by atoms with van der Waals surface area (Å²) in [6.45, 7) is 3.98. The van der Waals surface area contributed by atoms with Gasteiger partial charge in [-0.2, -0.15) is 0 Å². The van der Waals surface area contributed by atoms with Crippen LogP contribution in [0.4, 0.5) is 5.13 Å². The van der Waals surface area contributed by atoms with Crippen LogP contribution in [-0.4, -0.2) is 26.0 Å². The molecule has 0 fully saturated rings. The van der Waals surface area contributed by atoms with E-state index in [4.69, 9.17) is 4.74 Å². The molecule has 0 spiro atoms. The van der Waals surface area contributed by atoms with Gasteiger partial charge in [0, 0.05) is 0 Å². The van der Waals surface area contributed by atoms with E-state index in [1.54, 1.807) is 25.1 Å². The van der Waals surface area contributed by atoms with Crippen molar-refractivity contribution in [3.63, 3.8) is 0 Å². The number of benzene rings is 2. The number of fused-ring (bicyclic) bond motifs is 1. The number of hydrogen-bond acceptors (Lipinski definition) is 7. The van der Waals surface area contributed by atoms with Crippen LogP contribution in [0.3, 0.4) is 0 Å². The minimum Gasteiger partial charge on any atom is -0.545 e. The number of carbonyl (C=O) groups is 1. The summed E-state index contributed by atoms with van der Waals surface area (Å²) >= 11 is 1.17. The SMILES string of the molecule is CCOc1ccc2nc(NS(=O)(=O)c3cc(C(=O)[O-])ccc3C)sc2c1. The highest BCUT2D eigenvalue weighted by Crippen LogP contribution is 2.31. The Hall–Kier alpha value is -2.65. The van der Waals surface area contributed by atoms with Gasteiger partial charge in [-0.05, 0) is 49.2 Å². The molecule has 2 aromatic carbocycles. The first-order valence-corrected chi connectivity index (χ1v) is 9.98.